The Morgan fingerprint density at radius 2 is 2.05 bits per heavy atom. The van der Waals surface area contributed by atoms with Crippen LogP contribution in [0.3, 0.4) is 0 Å². The number of nitrogens with one attached hydrogen (secondary N) is 2. The summed E-state index contributed by atoms with van der Waals surface area (Å²) in [5.41, 5.74) is 1.66. The van der Waals surface area contributed by atoms with E-state index in [0.717, 1.165) is 19.4 Å². The first-order valence-corrected chi connectivity index (χ1v) is 7.29. The lowest BCUT2D eigenvalue weighted by molar-refractivity contribution is 0.0953. The van der Waals surface area contributed by atoms with E-state index < -0.39 is 0 Å². The van der Waals surface area contributed by atoms with E-state index in [1.165, 1.54) is 5.56 Å². The number of rotatable bonds is 8. The van der Waals surface area contributed by atoms with E-state index in [9.17, 15) is 4.79 Å². The Balaban J connectivity index is 1.80. The first-order chi connectivity index (χ1) is 10.8. The fourth-order valence-corrected chi connectivity index (χ4v) is 1.96. The number of nitrogens with zero attached hydrogens (tertiary/aromatic N) is 2. The number of benzene rings is 1. The second-order valence-electron chi connectivity index (χ2n) is 4.78. The molecule has 0 aliphatic heterocycles. The fraction of sp³-hybridized carbons (Fsp3) is 0.235. The van der Waals surface area contributed by atoms with E-state index in [1.54, 1.807) is 18.3 Å². The van der Waals surface area contributed by atoms with E-state index in [1.807, 2.05) is 18.2 Å². The van der Waals surface area contributed by atoms with E-state index in [4.69, 9.17) is 0 Å². The summed E-state index contributed by atoms with van der Waals surface area (Å²) >= 11 is 0. The van der Waals surface area contributed by atoms with Gasteiger partial charge in [-0.3, -0.25) is 4.79 Å². The zero-order valence-electron chi connectivity index (χ0n) is 12.5. The number of carbonyl (C=O) groups is 1. The van der Waals surface area contributed by atoms with Gasteiger partial charge in [0.1, 0.15) is 5.69 Å². The molecule has 0 radical (unpaired) electrons. The molecule has 1 heterocycles. The molecule has 1 amide bonds. The largest absolute Gasteiger partial charge is 0.354 e. The first kappa shape index (κ1) is 15.7. The van der Waals surface area contributed by atoms with Crippen LogP contribution in [0.1, 0.15) is 22.5 Å². The van der Waals surface area contributed by atoms with Crippen molar-refractivity contribution in [2.24, 2.45) is 0 Å². The third-order valence-corrected chi connectivity index (χ3v) is 3.06. The molecule has 0 atom stereocenters. The second-order valence-corrected chi connectivity index (χ2v) is 4.78. The second kappa shape index (κ2) is 8.56. The predicted molar refractivity (Wildman–Crippen MR) is 87.8 cm³/mol. The van der Waals surface area contributed by atoms with Crippen LogP contribution in [0.5, 0.6) is 0 Å². The van der Waals surface area contributed by atoms with Crippen molar-refractivity contribution in [3.63, 3.8) is 0 Å². The van der Waals surface area contributed by atoms with Gasteiger partial charge in [-0.1, -0.05) is 36.4 Å². The Labute approximate surface area is 130 Å². The maximum Gasteiger partial charge on any atom is 0.270 e. The van der Waals surface area contributed by atoms with Gasteiger partial charge in [-0.15, -0.1) is 6.58 Å². The Kier molecular flexibility index (Phi) is 6.11. The van der Waals surface area contributed by atoms with Gasteiger partial charge in [-0.05, 0) is 24.5 Å². The van der Waals surface area contributed by atoms with Crippen LogP contribution in [0, 0.1) is 0 Å². The average molecular weight is 296 g/mol. The molecule has 0 aliphatic carbocycles. The van der Waals surface area contributed by atoms with Gasteiger partial charge in [0, 0.05) is 19.3 Å². The van der Waals surface area contributed by atoms with Gasteiger partial charge in [0.2, 0.25) is 5.95 Å². The summed E-state index contributed by atoms with van der Waals surface area (Å²) in [5, 5.41) is 5.83. The van der Waals surface area contributed by atoms with Gasteiger partial charge in [0.05, 0.1) is 0 Å². The van der Waals surface area contributed by atoms with Crippen LogP contribution < -0.4 is 10.6 Å². The minimum absolute atomic E-state index is 0.227. The van der Waals surface area contributed by atoms with Crippen molar-refractivity contribution < 1.29 is 4.79 Å². The Morgan fingerprint density at radius 3 is 2.82 bits per heavy atom. The molecule has 2 aromatic rings. The maximum absolute atomic E-state index is 11.8. The Hall–Kier alpha value is -2.69. The normalized spacial score (nSPS) is 10.0. The standard InChI is InChI=1S/C17H20N4O/c1-2-11-18-16(22)15-10-13-20-17(21-15)19-12-6-9-14-7-4-3-5-8-14/h2-5,7-8,10,13H,1,6,9,11-12H2,(H,18,22)(H,19,20,21). The predicted octanol–water partition coefficient (Wildman–Crippen LogP) is 2.44. The van der Waals surface area contributed by atoms with Crippen LogP contribution >= 0.6 is 0 Å². The molecular weight excluding hydrogens is 276 g/mol. The van der Waals surface area contributed by atoms with Crippen molar-refractivity contribution in [3.05, 3.63) is 66.5 Å². The molecule has 2 rings (SSSR count). The monoisotopic (exact) mass is 296 g/mol. The van der Waals surface area contributed by atoms with Crippen molar-refractivity contribution in [2.45, 2.75) is 12.8 Å². The van der Waals surface area contributed by atoms with Gasteiger partial charge < -0.3 is 10.6 Å². The SMILES string of the molecule is C=CCNC(=O)c1ccnc(NCCCc2ccccc2)n1. The summed E-state index contributed by atoms with van der Waals surface area (Å²) in [6.45, 7) is 4.73. The first-order valence-electron chi connectivity index (χ1n) is 7.29. The Morgan fingerprint density at radius 1 is 1.23 bits per heavy atom. The molecular formula is C17H20N4O. The molecule has 0 saturated carbocycles. The van der Waals surface area contributed by atoms with Crippen LogP contribution in [-0.2, 0) is 6.42 Å². The highest BCUT2D eigenvalue weighted by Crippen LogP contribution is 2.04. The van der Waals surface area contributed by atoms with Crippen LogP contribution in [-0.4, -0.2) is 29.0 Å². The van der Waals surface area contributed by atoms with Gasteiger partial charge in [-0.25, -0.2) is 9.97 Å². The number of carbonyl (C=O) groups excluding carboxylic acids is 1. The van der Waals surface area contributed by atoms with Gasteiger partial charge in [0.25, 0.3) is 5.91 Å². The lowest BCUT2D eigenvalue weighted by atomic mass is 10.1. The lowest BCUT2D eigenvalue weighted by Gasteiger charge is -2.06. The zero-order valence-corrected chi connectivity index (χ0v) is 12.5. The van der Waals surface area contributed by atoms with Crippen LogP contribution in [0.15, 0.2) is 55.3 Å². The quantitative estimate of drug-likeness (QED) is 0.580. The highest BCUT2D eigenvalue weighted by Gasteiger charge is 2.07. The molecule has 5 heteroatoms. The van der Waals surface area contributed by atoms with Crippen molar-refractivity contribution in [2.75, 3.05) is 18.4 Å². The van der Waals surface area contributed by atoms with Crippen molar-refractivity contribution >= 4 is 11.9 Å². The lowest BCUT2D eigenvalue weighted by Crippen LogP contribution is -2.24. The van der Waals surface area contributed by atoms with Crippen molar-refractivity contribution in [1.29, 1.82) is 0 Å². The third kappa shape index (κ3) is 5.01. The minimum atomic E-state index is -0.227. The fourth-order valence-electron chi connectivity index (χ4n) is 1.96. The van der Waals surface area contributed by atoms with E-state index in [2.05, 4.69) is 39.3 Å². The van der Waals surface area contributed by atoms with Gasteiger partial charge in [-0.2, -0.15) is 0 Å². The molecule has 0 fully saturated rings. The summed E-state index contributed by atoms with van der Waals surface area (Å²) in [6.07, 6.45) is 5.17. The minimum Gasteiger partial charge on any atom is -0.354 e. The van der Waals surface area contributed by atoms with Crippen LogP contribution in [0.25, 0.3) is 0 Å². The Bertz CT molecular complexity index is 613. The molecule has 22 heavy (non-hydrogen) atoms. The van der Waals surface area contributed by atoms with Gasteiger partial charge >= 0.3 is 0 Å². The molecule has 0 saturated heterocycles. The summed E-state index contributed by atoms with van der Waals surface area (Å²) < 4.78 is 0. The molecule has 1 aromatic heterocycles. The number of anilines is 1. The zero-order chi connectivity index (χ0) is 15.6. The smallest absolute Gasteiger partial charge is 0.270 e. The highest BCUT2D eigenvalue weighted by atomic mass is 16.1. The van der Waals surface area contributed by atoms with Crippen molar-refractivity contribution in [1.82, 2.24) is 15.3 Å². The summed E-state index contributed by atoms with van der Waals surface area (Å²) in [4.78, 5) is 20.1. The van der Waals surface area contributed by atoms with Crippen LogP contribution in [0.4, 0.5) is 5.95 Å². The topological polar surface area (TPSA) is 66.9 Å². The summed E-state index contributed by atoms with van der Waals surface area (Å²) in [6, 6.07) is 11.9. The van der Waals surface area contributed by atoms with E-state index >= 15 is 0 Å². The molecule has 1 aromatic carbocycles. The van der Waals surface area contributed by atoms with E-state index in [-0.39, 0.29) is 5.91 Å². The summed E-state index contributed by atoms with van der Waals surface area (Å²) in [7, 11) is 0. The molecule has 114 valence electrons. The van der Waals surface area contributed by atoms with Gasteiger partial charge in [0.15, 0.2) is 0 Å². The highest BCUT2D eigenvalue weighted by molar-refractivity contribution is 5.92. The maximum atomic E-state index is 11.8. The number of amides is 1. The molecule has 0 bridgehead atoms. The number of aryl methyl sites for hydroxylation is 1. The molecule has 5 nitrogen and oxygen atoms in total. The van der Waals surface area contributed by atoms with E-state index in [0.29, 0.717) is 18.2 Å². The molecule has 0 aliphatic rings. The molecule has 0 spiro atoms. The third-order valence-electron chi connectivity index (χ3n) is 3.06. The van der Waals surface area contributed by atoms with Crippen molar-refractivity contribution in [3.8, 4) is 0 Å². The molecule has 2 N–H and O–H groups in total. The number of aromatic nitrogens is 2. The number of hydrogen-bond acceptors (Lipinski definition) is 4. The number of hydrogen-bond donors (Lipinski definition) is 2. The average Bonchev–Trinajstić information content (AvgIpc) is 2.58. The summed E-state index contributed by atoms with van der Waals surface area (Å²) in [5.74, 6) is 0.244. The molecule has 0 unspecified atom stereocenters. The van der Waals surface area contributed by atoms with Crippen LogP contribution in [0.2, 0.25) is 0 Å².